The number of amides is 2. The predicted molar refractivity (Wildman–Crippen MR) is 93.0 cm³/mol. The van der Waals surface area contributed by atoms with Gasteiger partial charge in [0.15, 0.2) is 16.6 Å². The van der Waals surface area contributed by atoms with Crippen LogP contribution in [-0.4, -0.2) is 23.1 Å². The van der Waals surface area contributed by atoms with Gasteiger partial charge in [0.05, 0.1) is 10.2 Å². The quantitative estimate of drug-likeness (QED) is 0.674. The molecule has 140 valence electrons. The molecule has 10 heteroatoms. The average molecular weight is 395 g/mol. The zero-order chi connectivity index (χ0) is 19.2. The van der Waals surface area contributed by atoms with Crippen molar-refractivity contribution in [2.75, 3.05) is 5.32 Å². The number of benzene rings is 2. The summed E-state index contributed by atoms with van der Waals surface area (Å²) in [6.45, 7) is 1.90. The number of rotatable bonds is 2. The summed E-state index contributed by atoms with van der Waals surface area (Å²) in [7, 11) is 0. The van der Waals surface area contributed by atoms with Crippen LogP contribution in [0.3, 0.4) is 0 Å². The molecule has 2 heterocycles. The number of aryl methyl sites for hydroxylation is 1. The average Bonchev–Trinajstić information content (AvgIpc) is 3.14. The highest BCUT2D eigenvalue weighted by molar-refractivity contribution is 7.22. The van der Waals surface area contributed by atoms with Gasteiger partial charge in [0.2, 0.25) is 0 Å². The lowest BCUT2D eigenvalue weighted by Gasteiger charge is -2.29. The van der Waals surface area contributed by atoms with E-state index in [1.807, 2.05) is 19.1 Å². The fourth-order valence-electron chi connectivity index (χ4n) is 2.55. The zero-order valence-electron chi connectivity index (χ0n) is 13.8. The summed E-state index contributed by atoms with van der Waals surface area (Å²) >= 11 is 1.15. The molecule has 6 nitrogen and oxygen atoms in total. The number of aromatic nitrogens is 1. The molecule has 3 aromatic rings. The second-order valence-corrected chi connectivity index (χ2v) is 6.87. The van der Waals surface area contributed by atoms with Gasteiger partial charge in [-0.05, 0) is 36.8 Å². The van der Waals surface area contributed by atoms with E-state index < -0.39 is 18.1 Å². The Bertz CT molecular complexity index is 1010. The third-order valence-electron chi connectivity index (χ3n) is 3.77. The summed E-state index contributed by atoms with van der Waals surface area (Å²) in [4.78, 5) is 16.4. The second-order valence-electron chi connectivity index (χ2n) is 5.83. The van der Waals surface area contributed by atoms with Crippen LogP contribution in [0, 0.1) is 6.92 Å². The number of para-hydroxylation sites is 2. The van der Waals surface area contributed by atoms with Gasteiger partial charge in [0, 0.05) is 0 Å². The number of hydrogen-bond acceptors (Lipinski definition) is 5. The van der Waals surface area contributed by atoms with Gasteiger partial charge < -0.3 is 9.47 Å². The first kappa shape index (κ1) is 17.4. The Morgan fingerprint density at radius 2 is 1.81 bits per heavy atom. The first-order valence-corrected chi connectivity index (χ1v) is 8.57. The third kappa shape index (κ3) is 3.12. The van der Waals surface area contributed by atoms with Gasteiger partial charge in [0.1, 0.15) is 0 Å². The second kappa shape index (κ2) is 6.02. The Morgan fingerprint density at radius 1 is 1.15 bits per heavy atom. The number of hydrogen-bond donors (Lipinski definition) is 2. The molecule has 0 saturated carbocycles. The maximum Gasteiger partial charge on any atom is 0.492 e. The number of nitrogens with one attached hydrogen (secondary N) is 2. The molecule has 27 heavy (non-hydrogen) atoms. The fourth-order valence-corrected chi connectivity index (χ4v) is 3.51. The van der Waals surface area contributed by atoms with Gasteiger partial charge >= 0.3 is 18.1 Å². The Morgan fingerprint density at radius 3 is 2.44 bits per heavy atom. The number of anilines is 1. The topological polar surface area (TPSA) is 72.5 Å². The molecule has 1 aliphatic rings. The number of alkyl halides is 3. The van der Waals surface area contributed by atoms with E-state index >= 15 is 0 Å². The van der Waals surface area contributed by atoms with Crippen molar-refractivity contribution in [3.63, 3.8) is 0 Å². The van der Waals surface area contributed by atoms with Crippen LogP contribution in [0.15, 0.2) is 42.5 Å². The summed E-state index contributed by atoms with van der Waals surface area (Å²) in [5.74, 6) is -3.55. The molecule has 2 aromatic carbocycles. The fraction of sp³-hybridized carbons (Fsp3) is 0.176. The number of nitrogens with zero attached hydrogens (tertiary/aromatic N) is 1. The summed E-state index contributed by atoms with van der Waals surface area (Å²) in [5, 5.41) is 4.18. The summed E-state index contributed by atoms with van der Waals surface area (Å²) < 4.78 is 51.4. The third-order valence-corrected chi connectivity index (χ3v) is 4.71. The van der Waals surface area contributed by atoms with Crippen molar-refractivity contribution >= 4 is 32.7 Å². The molecule has 0 unspecified atom stereocenters. The van der Waals surface area contributed by atoms with E-state index in [4.69, 9.17) is 9.47 Å². The number of thiazole rings is 1. The van der Waals surface area contributed by atoms with E-state index in [0.29, 0.717) is 5.52 Å². The molecule has 4 rings (SSSR count). The molecular formula is C17H12F3N3O3S. The van der Waals surface area contributed by atoms with E-state index in [9.17, 15) is 18.0 Å². The molecule has 0 saturated heterocycles. The summed E-state index contributed by atoms with van der Waals surface area (Å²) in [6.07, 6.45) is -5.02. The molecule has 0 atom stereocenters. The van der Waals surface area contributed by atoms with E-state index in [1.165, 1.54) is 24.3 Å². The molecule has 0 bridgehead atoms. The molecule has 0 radical (unpaired) electrons. The largest absolute Gasteiger partial charge is 0.492 e. The molecule has 2 N–H and O–H groups in total. The van der Waals surface area contributed by atoms with Crippen LogP contribution in [-0.2, 0) is 0 Å². The van der Waals surface area contributed by atoms with Crippen molar-refractivity contribution in [2.24, 2.45) is 0 Å². The van der Waals surface area contributed by atoms with Crippen LogP contribution in [0.2, 0.25) is 0 Å². The first-order chi connectivity index (χ1) is 12.8. The molecule has 1 aliphatic heterocycles. The van der Waals surface area contributed by atoms with Crippen LogP contribution in [0.5, 0.6) is 11.5 Å². The summed E-state index contributed by atoms with van der Waals surface area (Å²) in [6, 6.07) is 9.96. The van der Waals surface area contributed by atoms with Gasteiger partial charge in [0.25, 0.3) is 0 Å². The molecule has 0 spiro atoms. The highest BCUT2D eigenvalue weighted by atomic mass is 32.1. The lowest BCUT2D eigenvalue weighted by Crippen LogP contribution is -2.65. The maximum atomic E-state index is 13.6. The van der Waals surface area contributed by atoms with E-state index in [2.05, 4.69) is 10.3 Å². The SMILES string of the molecule is Cc1ccc2nc(NC(=O)NC3(C(F)(F)F)Oc4ccccc4O3)sc2c1. The minimum Gasteiger partial charge on any atom is -0.424 e. The molecule has 0 fully saturated rings. The number of halogens is 3. The smallest absolute Gasteiger partial charge is 0.424 e. The van der Waals surface area contributed by atoms with Gasteiger partial charge in [-0.1, -0.05) is 29.5 Å². The van der Waals surface area contributed by atoms with Crippen LogP contribution in [0.25, 0.3) is 10.2 Å². The predicted octanol–water partition coefficient (Wildman–Crippen LogP) is 4.41. The monoisotopic (exact) mass is 395 g/mol. The Balaban J connectivity index is 1.56. The lowest BCUT2D eigenvalue weighted by atomic mass is 10.2. The van der Waals surface area contributed by atoms with Crippen LogP contribution in [0.1, 0.15) is 5.56 Å². The number of carbonyl (C=O) groups excluding carboxylic acids is 1. The van der Waals surface area contributed by atoms with Crippen molar-refractivity contribution in [2.45, 2.75) is 19.0 Å². The van der Waals surface area contributed by atoms with Crippen LogP contribution in [0.4, 0.5) is 23.1 Å². The van der Waals surface area contributed by atoms with Crippen molar-refractivity contribution in [3.8, 4) is 11.5 Å². The van der Waals surface area contributed by atoms with Crippen molar-refractivity contribution in [1.29, 1.82) is 0 Å². The van der Waals surface area contributed by atoms with E-state index in [-0.39, 0.29) is 16.6 Å². The van der Waals surface area contributed by atoms with Gasteiger partial charge in [-0.15, -0.1) is 0 Å². The normalized spacial score (nSPS) is 15.0. The molecule has 0 aliphatic carbocycles. The summed E-state index contributed by atoms with van der Waals surface area (Å²) in [5.41, 5.74) is 1.64. The Hall–Kier alpha value is -3.01. The Kier molecular flexibility index (Phi) is 3.88. The number of fused-ring (bicyclic) bond motifs is 2. The lowest BCUT2D eigenvalue weighted by molar-refractivity contribution is -0.317. The van der Waals surface area contributed by atoms with Gasteiger partial charge in [-0.3, -0.25) is 10.6 Å². The highest BCUT2D eigenvalue weighted by Gasteiger charge is 2.65. The van der Waals surface area contributed by atoms with Crippen molar-refractivity contribution < 1.29 is 27.4 Å². The van der Waals surface area contributed by atoms with Crippen molar-refractivity contribution in [3.05, 3.63) is 48.0 Å². The minimum absolute atomic E-state index is 0.120. The number of ether oxygens (including phenoxy) is 2. The first-order valence-electron chi connectivity index (χ1n) is 7.76. The maximum absolute atomic E-state index is 13.6. The standard InChI is InChI=1S/C17H12F3N3O3S/c1-9-6-7-10-13(8-9)27-15(21-10)22-14(24)23-17(16(18,19)20)25-11-4-2-3-5-12(11)26-17/h2-8H,1H3,(H2,21,22,23,24). The van der Waals surface area contributed by atoms with Crippen molar-refractivity contribution in [1.82, 2.24) is 10.3 Å². The van der Waals surface area contributed by atoms with Gasteiger partial charge in [-0.25, -0.2) is 9.78 Å². The molecule has 1 aromatic heterocycles. The number of urea groups is 1. The van der Waals surface area contributed by atoms with Gasteiger partial charge in [-0.2, -0.15) is 13.2 Å². The van der Waals surface area contributed by atoms with Crippen LogP contribution >= 0.6 is 11.3 Å². The van der Waals surface area contributed by atoms with E-state index in [0.717, 1.165) is 21.6 Å². The minimum atomic E-state index is -5.02. The van der Waals surface area contributed by atoms with E-state index in [1.54, 1.807) is 11.4 Å². The van der Waals surface area contributed by atoms with Crippen LogP contribution < -0.4 is 20.1 Å². The zero-order valence-corrected chi connectivity index (χ0v) is 14.6. The number of carbonyl (C=O) groups is 1. The highest BCUT2D eigenvalue weighted by Crippen LogP contribution is 2.44. The molecular weight excluding hydrogens is 383 g/mol. The Labute approximate surface area is 154 Å². The molecule has 2 amide bonds.